The molecule has 5 nitrogen and oxygen atoms in total. The Kier molecular flexibility index (Phi) is 4.32. The molecule has 0 aliphatic carbocycles. The molecule has 1 amide bonds. The number of halogens is 2. The molecule has 5 N–H and O–H groups in total. The number of nitrogens with zero attached hydrogens (tertiary/aromatic N) is 1. The van der Waals surface area contributed by atoms with E-state index in [0.717, 1.165) is 6.07 Å². The summed E-state index contributed by atoms with van der Waals surface area (Å²) in [5, 5.41) is 2.91. The van der Waals surface area contributed by atoms with Gasteiger partial charge in [0.25, 0.3) is 5.91 Å². The van der Waals surface area contributed by atoms with Crippen molar-refractivity contribution in [3.8, 4) is 0 Å². The number of hydrogen-bond donors (Lipinski definition) is 3. The highest BCUT2D eigenvalue weighted by Crippen LogP contribution is 2.16. The van der Waals surface area contributed by atoms with Crippen molar-refractivity contribution >= 4 is 17.4 Å². The smallest absolute Gasteiger partial charge is 0.267 e. The second-order valence-corrected chi connectivity index (χ2v) is 4.45. The van der Waals surface area contributed by atoms with Crippen molar-refractivity contribution in [3.63, 3.8) is 0 Å². The van der Waals surface area contributed by atoms with Gasteiger partial charge in [0.05, 0.1) is 5.69 Å². The second-order valence-electron chi connectivity index (χ2n) is 4.45. The van der Waals surface area contributed by atoms with Crippen LogP contribution in [-0.4, -0.2) is 17.4 Å². The monoisotopic (exact) mass is 292 g/mol. The molecule has 0 aliphatic heterocycles. The molecule has 2 aromatic rings. The van der Waals surface area contributed by atoms with Gasteiger partial charge in [-0.25, -0.2) is 13.8 Å². The SMILES string of the molecule is NC(=O)c1ccc(N)c(NCCc2cc(F)cc(F)c2)n1. The number of hydrogen-bond acceptors (Lipinski definition) is 4. The average molecular weight is 292 g/mol. The third kappa shape index (κ3) is 3.88. The van der Waals surface area contributed by atoms with Crippen LogP contribution in [0.4, 0.5) is 20.3 Å². The fraction of sp³-hybridized carbons (Fsp3) is 0.143. The highest BCUT2D eigenvalue weighted by molar-refractivity contribution is 5.91. The molecule has 0 spiro atoms. The van der Waals surface area contributed by atoms with Crippen LogP contribution in [0.25, 0.3) is 0 Å². The van der Waals surface area contributed by atoms with Gasteiger partial charge in [0.1, 0.15) is 23.1 Å². The zero-order valence-corrected chi connectivity index (χ0v) is 11.1. The van der Waals surface area contributed by atoms with Crippen molar-refractivity contribution in [2.45, 2.75) is 6.42 Å². The molecule has 0 fully saturated rings. The van der Waals surface area contributed by atoms with Gasteiger partial charge in [0, 0.05) is 12.6 Å². The van der Waals surface area contributed by atoms with Crippen LogP contribution in [0.5, 0.6) is 0 Å². The van der Waals surface area contributed by atoms with Crippen molar-refractivity contribution in [3.05, 3.63) is 53.2 Å². The normalized spacial score (nSPS) is 10.4. The van der Waals surface area contributed by atoms with Crippen LogP contribution < -0.4 is 16.8 Å². The van der Waals surface area contributed by atoms with Crippen molar-refractivity contribution in [1.29, 1.82) is 0 Å². The Bertz CT molecular complexity index is 656. The summed E-state index contributed by atoms with van der Waals surface area (Å²) < 4.78 is 26.1. The van der Waals surface area contributed by atoms with E-state index in [2.05, 4.69) is 10.3 Å². The Morgan fingerprint density at radius 1 is 1.19 bits per heavy atom. The number of nitrogens with one attached hydrogen (secondary N) is 1. The van der Waals surface area contributed by atoms with Gasteiger partial charge in [0.15, 0.2) is 0 Å². The Morgan fingerprint density at radius 3 is 2.48 bits per heavy atom. The van der Waals surface area contributed by atoms with E-state index >= 15 is 0 Å². The van der Waals surface area contributed by atoms with Crippen LogP contribution >= 0.6 is 0 Å². The number of anilines is 2. The van der Waals surface area contributed by atoms with E-state index in [9.17, 15) is 13.6 Å². The van der Waals surface area contributed by atoms with Crippen LogP contribution in [0, 0.1) is 11.6 Å². The third-order valence-electron chi connectivity index (χ3n) is 2.81. The summed E-state index contributed by atoms with van der Waals surface area (Å²) in [4.78, 5) is 15.0. The molecule has 0 aliphatic rings. The van der Waals surface area contributed by atoms with Gasteiger partial charge in [0.2, 0.25) is 0 Å². The Balaban J connectivity index is 2.03. The topological polar surface area (TPSA) is 94.0 Å². The Labute approximate surface area is 120 Å². The number of nitrogen functional groups attached to an aromatic ring is 1. The molecule has 0 bridgehead atoms. The number of nitrogens with two attached hydrogens (primary N) is 2. The molecule has 0 atom stereocenters. The lowest BCUT2D eigenvalue weighted by molar-refractivity contribution is 0.0995. The van der Waals surface area contributed by atoms with E-state index in [-0.39, 0.29) is 5.69 Å². The van der Waals surface area contributed by atoms with Crippen molar-refractivity contribution < 1.29 is 13.6 Å². The molecule has 21 heavy (non-hydrogen) atoms. The van der Waals surface area contributed by atoms with E-state index in [1.807, 2.05) is 0 Å². The first-order valence-electron chi connectivity index (χ1n) is 6.21. The minimum absolute atomic E-state index is 0.0866. The maximum atomic E-state index is 13.0. The molecule has 1 heterocycles. The van der Waals surface area contributed by atoms with Crippen LogP contribution in [0.3, 0.4) is 0 Å². The number of carbonyl (C=O) groups excluding carboxylic acids is 1. The molecule has 0 saturated carbocycles. The van der Waals surface area contributed by atoms with E-state index in [4.69, 9.17) is 11.5 Å². The van der Waals surface area contributed by atoms with Gasteiger partial charge in [-0.2, -0.15) is 0 Å². The predicted octanol–water partition coefficient (Wildman–Crippen LogP) is 1.70. The van der Waals surface area contributed by atoms with Gasteiger partial charge >= 0.3 is 0 Å². The minimum atomic E-state index is -0.662. The number of pyridine rings is 1. The first-order chi connectivity index (χ1) is 9.95. The van der Waals surface area contributed by atoms with Gasteiger partial charge in [-0.1, -0.05) is 0 Å². The fourth-order valence-corrected chi connectivity index (χ4v) is 1.83. The molecule has 1 aromatic heterocycles. The number of rotatable bonds is 5. The van der Waals surface area contributed by atoms with Gasteiger partial charge in [-0.3, -0.25) is 4.79 Å². The highest BCUT2D eigenvalue weighted by atomic mass is 19.1. The zero-order chi connectivity index (χ0) is 15.4. The first kappa shape index (κ1) is 14.7. The summed E-state index contributed by atoms with van der Waals surface area (Å²) in [6.45, 7) is 0.350. The minimum Gasteiger partial charge on any atom is -0.396 e. The average Bonchev–Trinajstić information content (AvgIpc) is 2.39. The van der Waals surface area contributed by atoms with Gasteiger partial charge in [-0.15, -0.1) is 0 Å². The Hall–Kier alpha value is -2.70. The van der Waals surface area contributed by atoms with Crippen molar-refractivity contribution in [2.24, 2.45) is 5.73 Å². The van der Waals surface area contributed by atoms with Crippen LogP contribution in [-0.2, 0) is 6.42 Å². The lowest BCUT2D eigenvalue weighted by Crippen LogP contribution is -2.16. The molecular formula is C14H14F2N4O. The van der Waals surface area contributed by atoms with Gasteiger partial charge < -0.3 is 16.8 Å². The molecule has 0 radical (unpaired) electrons. The summed E-state index contributed by atoms with van der Waals surface area (Å²) in [6, 6.07) is 6.25. The molecule has 1 aromatic carbocycles. The highest BCUT2D eigenvalue weighted by Gasteiger charge is 2.07. The largest absolute Gasteiger partial charge is 0.396 e. The summed E-state index contributed by atoms with van der Waals surface area (Å²) >= 11 is 0. The quantitative estimate of drug-likeness (QED) is 0.781. The fourth-order valence-electron chi connectivity index (χ4n) is 1.83. The van der Waals surface area contributed by atoms with Crippen LogP contribution in [0.2, 0.25) is 0 Å². The molecule has 110 valence electrons. The van der Waals surface area contributed by atoms with Gasteiger partial charge in [-0.05, 0) is 36.2 Å². The first-order valence-corrected chi connectivity index (χ1v) is 6.21. The predicted molar refractivity (Wildman–Crippen MR) is 75.7 cm³/mol. The summed E-state index contributed by atoms with van der Waals surface area (Å²) in [7, 11) is 0. The number of primary amides is 1. The number of carbonyl (C=O) groups is 1. The zero-order valence-electron chi connectivity index (χ0n) is 11.1. The van der Waals surface area contributed by atoms with Crippen LogP contribution in [0.1, 0.15) is 16.1 Å². The maximum absolute atomic E-state index is 13.0. The van der Waals surface area contributed by atoms with E-state index in [1.54, 1.807) is 0 Å². The maximum Gasteiger partial charge on any atom is 0.267 e. The van der Waals surface area contributed by atoms with Crippen molar-refractivity contribution in [2.75, 3.05) is 17.6 Å². The van der Waals surface area contributed by atoms with Crippen molar-refractivity contribution in [1.82, 2.24) is 4.98 Å². The van der Waals surface area contributed by atoms with E-state index in [1.165, 1.54) is 24.3 Å². The molecular weight excluding hydrogens is 278 g/mol. The summed E-state index contributed by atoms with van der Waals surface area (Å²) in [5.41, 5.74) is 11.8. The third-order valence-corrected chi connectivity index (χ3v) is 2.81. The van der Waals surface area contributed by atoms with E-state index in [0.29, 0.717) is 30.0 Å². The summed E-state index contributed by atoms with van der Waals surface area (Å²) in [6.07, 6.45) is 0.372. The molecule has 7 heteroatoms. The number of aromatic nitrogens is 1. The summed E-state index contributed by atoms with van der Waals surface area (Å²) in [5.74, 6) is -1.61. The molecule has 2 rings (SSSR count). The Morgan fingerprint density at radius 2 is 1.86 bits per heavy atom. The molecule has 0 saturated heterocycles. The standard InChI is InChI=1S/C14H14F2N4O/c15-9-5-8(6-10(16)7-9)3-4-19-14-11(17)1-2-12(20-14)13(18)21/h1-2,5-7H,3-4,17H2,(H2,18,21)(H,19,20). The van der Waals surface area contributed by atoms with E-state index < -0.39 is 17.5 Å². The van der Waals surface area contributed by atoms with Crippen LogP contribution in [0.15, 0.2) is 30.3 Å². The lowest BCUT2D eigenvalue weighted by Gasteiger charge is -2.09. The number of benzene rings is 1. The second kappa shape index (κ2) is 6.17. The lowest BCUT2D eigenvalue weighted by atomic mass is 10.1. The molecule has 0 unspecified atom stereocenters. The number of amides is 1.